The lowest BCUT2D eigenvalue weighted by Gasteiger charge is -2.17. The molecular weight excluding hydrogens is 198 g/mol. The molecule has 0 radical (unpaired) electrons. The van der Waals surface area contributed by atoms with Crippen LogP contribution in [0.3, 0.4) is 0 Å². The number of nitrogens with one attached hydrogen (secondary N) is 1. The second kappa shape index (κ2) is 5.71. The molecule has 0 amide bonds. The van der Waals surface area contributed by atoms with Crippen molar-refractivity contribution in [1.82, 2.24) is 5.32 Å². The van der Waals surface area contributed by atoms with Crippen LogP contribution >= 0.6 is 0 Å². The number of sulfone groups is 1. The van der Waals surface area contributed by atoms with Gasteiger partial charge in [-0.25, -0.2) is 8.42 Å². The summed E-state index contributed by atoms with van der Waals surface area (Å²) >= 11 is 0. The van der Waals surface area contributed by atoms with Gasteiger partial charge in [-0.1, -0.05) is 20.8 Å². The van der Waals surface area contributed by atoms with Crippen molar-refractivity contribution in [2.45, 2.75) is 33.6 Å². The predicted octanol–water partition coefficient (Wildman–Crippen LogP) is 1.45. The van der Waals surface area contributed by atoms with Crippen molar-refractivity contribution in [2.24, 2.45) is 5.41 Å². The Morgan fingerprint density at radius 2 is 1.71 bits per heavy atom. The number of rotatable bonds is 6. The minimum absolute atomic E-state index is 0.287. The van der Waals surface area contributed by atoms with Gasteiger partial charge in [0, 0.05) is 6.26 Å². The van der Waals surface area contributed by atoms with Gasteiger partial charge in [-0.2, -0.15) is 0 Å². The molecule has 1 N–H and O–H groups in total. The lowest BCUT2D eigenvalue weighted by molar-refractivity contribution is 0.367. The smallest absolute Gasteiger partial charge is 0.147 e. The molecule has 86 valence electrons. The molecule has 0 heterocycles. The van der Waals surface area contributed by atoms with Crippen LogP contribution in [0.25, 0.3) is 0 Å². The van der Waals surface area contributed by atoms with E-state index in [9.17, 15) is 8.42 Å². The Bertz CT molecular complexity index is 239. The SMILES string of the molecule is CC(C)(C)CCNCCCS(C)(=O)=O. The zero-order valence-corrected chi connectivity index (χ0v) is 10.6. The van der Waals surface area contributed by atoms with Crippen molar-refractivity contribution in [1.29, 1.82) is 0 Å². The Hall–Kier alpha value is -0.0900. The van der Waals surface area contributed by atoms with Crippen LogP contribution < -0.4 is 5.32 Å². The molecule has 0 aliphatic carbocycles. The zero-order valence-electron chi connectivity index (χ0n) is 9.76. The lowest BCUT2D eigenvalue weighted by Crippen LogP contribution is -2.23. The highest BCUT2D eigenvalue weighted by Gasteiger charge is 2.08. The fourth-order valence-electron chi connectivity index (χ4n) is 1.05. The minimum Gasteiger partial charge on any atom is -0.317 e. The van der Waals surface area contributed by atoms with Gasteiger partial charge < -0.3 is 5.32 Å². The molecule has 0 aliphatic heterocycles. The quantitative estimate of drug-likeness (QED) is 0.691. The lowest BCUT2D eigenvalue weighted by atomic mass is 9.92. The van der Waals surface area contributed by atoms with E-state index < -0.39 is 9.84 Å². The molecule has 3 nitrogen and oxygen atoms in total. The van der Waals surface area contributed by atoms with Crippen molar-refractivity contribution >= 4 is 9.84 Å². The maximum absolute atomic E-state index is 10.8. The van der Waals surface area contributed by atoms with E-state index in [1.807, 2.05) is 0 Å². The molecule has 0 aromatic carbocycles. The van der Waals surface area contributed by atoms with Gasteiger partial charge in [-0.05, 0) is 31.3 Å². The molecule has 0 unspecified atom stereocenters. The van der Waals surface area contributed by atoms with Gasteiger partial charge in [0.1, 0.15) is 9.84 Å². The van der Waals surface area contributed by atoms with Gasteiger partial charge in [0.2, 0.25) is 0 Å². The first-order valence-corrected chi connectivity index (χ1v) is 7.15. The molecule has 0 saturated heterocycles. The third-order valence-corrected chi connectivity index (χ3v) is 2.95. The third kappa shape index (κ3) is 11.9. The van der Waals surface area contributed by atoms with E-state index in [0.717, 1.165) is 19.5 Å². The Morgan fingerprint density at radius 3 is 2.14 bits per heavy atom. The average molecular weight is 221 g/mol. The summed E-state index contributed by atoms with van der Waals surface area (Å²) < 4.78 is 21.6. The summed E-state index contributed by atoms with van der Waals surface area (Å²) in [6, 6.07) is 0. The molecule has 0 atom stereocenters. The molecular formula is C10H23NO2S. The first-order chi connectivity index (χ1) is 6.21. The van der Waals surface area contributed by atoms with Gasteiger partial charge >= 0.3 is 0 Å². The van der Waals surface area contributed by atoms with Crippen molar-refractivity contribution in [3.63, 3.8) is 0 Å². The van der Waals surface area contributed by atoms with E-state index in [1.54, 1.807) is 0 Å². The Kier molecular flexibility index (Phi) is 5.67. The monoisotopic (exact) mass is 221 g/mol. The standard InChI is InChI=1S/C10H23NO2S/c1-10(2,3)6-8-11-7-5-9-14(4,12)13/h11H,5-9H2,1-4H3. The highest BCUT2D eigenvalue weighted by atomic mass is 32.2. The largest absolute Gasteiger partial charge is 0.317 e. The van der Waals surface area contributed by atoms with Crippen LogP contribution in [0.2, 0.25) is 0 Å². The summed E-state index contributed by atoms with van der Waals surface area (Å²) in [6.45, 7) is 8.36. The summed E-state index contributed by atoms with van der Waals surface area (Å²) in [5.41, 5.74) is 0.351. The van der Waals surface area contributed by atoms with Crippen LogP contribution in [0.5, 0.6) is 0 Å². The fraction of sp³-hybridized carbons (Fsp3) is 1.00. The fourth-order valence-corrected chi connectivity index (χ4v) is 1.72. The number of hydrogen-bond donors (Lipinski definition) is 1. The Labute approximate surface area is 88.2 Å². The van der Waals surface area contributed by atoms with Crippen molar-refractivity contribution in [3.8, 4) is 0 Å². The van der Waals surface area contributed by atoms with E-state index in [2.05, 4.69) is 26.1 Å². The topological polar surface area (TPSA) is 46.2 Å². The Morgan fingerprint density at radius 1 is 1.14 bits per heavy atom. The normalized spacial score (nSPS) is 13.1. The molecule has 0 aliphatic rings. The molecule has 0 aromatic heterocycles. The van der Waals surface area contributed by atoms with E-state index >= 15 is 0 Å². The summed E-state index contributed by atoms with van der Waals surface area (Å²) in [5.74, 6) is 0.287. The highest BCUT2D eigenvalue weighted by Crippen LogP contribution is 2.16. The summed E-state index contributed by atoms with van der Waals surface area (Å²) in [5, 5.41) is 3.25. The van der Waals surface area contributed by atoms with Crippen LogP contribution in [-0.2, 0) is 9.84 Å². The predicted molar refractivity (Wildman–Crippen MR) is 61.3 cm³/mol. The molecule has 14 heavy (non-hydrogen) atoms. The minimum atomic E-state index is -2.78. The molecule has 4 heteroatoms. The maximum Gasteiger partial charge on any atom is 0.147 e. The average Bonchev–Trinajstić information content (AvgIpc) is 1.92. The van der Waals surface area contributed by atoms with E-state index in [4.69, 9.17) is 0 Å². The van der Waals surface area contributed by atoms with Gasteiger partial charge in [0.05, 0.1) is 5.75 Å². The molecule has 0 aromatic rings. The van der Waals surface area contributed by atoms with Crippen LogP contribution in [0, 0.1) is 5.41 Å². The van der Waals surface area contributed by atoms with Crippen LogP contribution in [0.1, 0.15) is 33.6 Å². The van der Waals surface area contributed by atoms with Gasteiger partial charge in [0.15, 0.2) is 0 Å². The van der Waals surface area contributed by atoms with E-state index in [0.29, 0.717) is 11.8 Å². The first-order valence-electron chi connectivity index (χ1n) is 5.09. The second-order valence-electron chi connectivity index (χ2n) is 5.04. The Balaban J connectivity index is 3.32. The van der Waals surface area contributed by atoms with Crippen LogP contribution in [0.15, 0.2) is 0 Å². The summed E-state index contributed by atoms with van der Waals surface area (Å²) in [6.07, 6.45) is 3.11. The van der Waals surface area contributed by atoms with Crippen LogP contribution in [-0.4, -0.2) is 33.5 Å². The second-order valence-corrected chi connectivity index (χ2v) is 7.30. The maximum atomic E-state index is 10.8. The molecule has 0 fully saturated rings. The highest BCUT2D eigenvalue weighted by molar-refractivity contribution is 7.90. The van der Waals surface area contributed by atoms with Gasteiger partial charge in [-0.15, -0.1) is 0 Å². The molecule has 0 saturated carbocycles. The molecule has 0 spiro atoms. The first kappa shape index (κ1) is 13.9. The number of hydrogen-bond acceptors (Lipinski definition) is 3. The van der Waals surface area contributed by atoms with Crippen molar-refractivity contribution in [2.75, 3.05) is 25.1 Å². The molecule has 0 rings (SSSR count). The van der Waals surface area contributed by atoms with Crippen molar-refractivity contribution < 1.29 is 8.42 Å². The zero-order chi connectivity index (χ0) is 11.2. The van der Waals surface area contributed by atoms with Gasteiger partial charge in [0.25, 0.3) is 0 Å². The third-order valence-electron chi connectivity index (χ3n) is 1.92. The summed E-state index contributed by atoms with van der Waals surface area (Å²) in [7, 11) is -2.78. The van der Waals surface area contributed by atoms with Gasteiger partial charge in [-0.3, -0.25) is 0 Å². The summed E-state index contributed by atoms with van der Waals surface area (Å²) in [4.78, 5) is 0. The van der Waals surface area contributed by atoms with Crippen molar-refractivity contribution in [3.05, 3.63) is 0 Å². The molecule has 0 bridgehead atoms. The van der Waals surface area contributed by atoms with E-state index in [1.165, 1.54) is 6.26 Å². The van der Waals surface area contributed by atoms with Crippen LogP contribution in [0.4, 0.5) is 0 Å². The van der Waals surface area contributed by atoms with E-state index in [-0.39, 0.29) is 5.75 Å².